The summed E-state index contributed by atoms with van der Waals surface area (Å²) >= 11 is 13.4. The second-order valence-electron chi connectivity index (χ2n) is 8.11. The maximum Gasteiger partial charge on any atom is 0.328 e. The fraction of sp³-hybridized carbons (Fsp3) is 0.429. The van der Waals surface area contributed by atoms with Crippen LogP contribution < -0.4 is 20.9 Å². The predicted octanol–water partition coefficient (Wildman–Crippen LogP) is 3.68. The second-order valence-corrected chi connectivity index (χ2v) is 10.2. The van der Waals surface area contributed by atoms with Crippen molar-refractivity contribution >= 4 is 63.3 Å². The summed E-state index contributed by atoms with van der Waals surface area (Å²) in [6, 6.07) is 5.00. The number of hydrogen-bond donors (Lipinski definition) is 3. The Kier molecular flexibility index (Phi) is 6.96. The SMILES string of the molecule is CNC(=O)CCCNC(=O)N1CCC2(C1)CN(C(=O)Nc1ncc(Cl)s1)c1ccc(Cl)cc12. The third-order valence-corrected chi connectivity index (χ3v) is 7.26. The molecule has 2 aromatic rings. The van der Waals surface area contributed by atoms with Crippen LogP contribution in [-0.4, -0.2) is 61.1 Å². The summed E-state index contributed by atoms with van der Waals surface area (Å²) in [4.78, 5) is 44.6. The molecule has 1 aromatic carbocycles. The van der Waals surface area contributed by atoms with Crippen molar-refractivity contribution in [2.24, 2.45) is 0 Å². The summed E-state index contributed by atoms with van der Waals surface area (Å²) in [7, 11) is 1.59. The van der Waals surface area contributed by atoms with Crippen molar-refractivity contribution in [3.05, 3.63) is 39.3 Å². The van der Waals surface area contributed by atoms with Crippen LogP contribution in [0.5, 0.6) is 0 Å². The number of amides is 5. The molecule has 0 saturated carbocycles. The molecule has 33 heavy (non-hydrogen) atoms. The summed E-state index contributed by atoms with van der Waals surface area (Å²) in [5, 5.41) is 9.25. The molecule has 4 rings (SSSR count). The molecule has 1 aromatic heterocycles. The van der Waals surface area contributed by atoms with E-state index in [1.54, 1.807) is 22.9 Å². The van der Waals surface area contributed by atoms with Gasteiger partial charge in [0.15, 0.2) is 5.13 Å². The number of fused-ring (bicyclic) bond motifs is 2. The molecule has 5 amide bonds. The third kappa shape index (κ3) is 5.02. The minimum Gasteiger partial charge on any atom is -0.359 e. The highest BCUT2D eigenvalue weighted by Crippen LogP contribution is 2.47. The number of carbonyl (C=O) groups excluding carboxylic acids is 3. The first kappa shape index (κ1) is 23.6. The van der Waals surface area contributed by atoms with Crippen molar-refractivity contribution in [2.75, 3.05) is 43.4 Å². The van der Waals surface area contributed by atoms with Crippen LogP contribution in [0.25, 0.3) is 0 Å². The first-order valence-electron chi connectivity index (χ1n) is 10.5. The largest absolute Gasteiger partial charge is 0.359 e. The Hall–Kier alpha value is -2.56. The van der Waals surface area contributed by atoms with Crippen molar-refractivity contribution in [1.29, 1.82) is 0 Å². The lowest BCUT2D eigenvalue weighted by atomic mass is 9.81. The number of likely N-dealkylation sites (tertiary alicyclic amines) is 1. The van der Waals surface area contributed by atoms with Crippen LogP contribution in [0.1, 0.15) is 24.8 Å². The Morgan fingerprint density at radius 1 is 1.21 bits per heavy atom. The molecule has 0 radical (unpaired) electrons. The van der Waals surface area contributed by atoms with Crippen LogP contribution in [0.15, 0.2) is 24.4 Å². The van der Waals surface area contributed by atoms with Gasteiger partial charge in [-0.2, -0.15) is 0 Å². The van der Waals surface area contributed by atoms with E-state index in [4.69, 9.17) is 23.2 Å². The van der Waals surface area contributed by atoms with E-state index >= 15 is 0 Å². The molecule has 1 spiro atoms. The van der Waals surface area contributed by atoms with Crippen molar-refractivity contribution in [2.45, 2.75) is 24.7 Å². The van der Waals surface area contributed by atoms with Gasteiger partial charge in [0.25, 0.3) is 0 Å². The van der Waals surface area contributed by atoms with E-state index in [-0.39, 0.29) is 18.0 Å². The van der Waals surface area contributed by atoms with Crippen LogP contribution in [0, 0.1) is 0 Å². The molecule has 3 N–H and O–H groups in total. The van der Waals surface area contributed by atoms with E-state index in [1.165, 1.54) is 17.5 Å². The van der Waals surface area contributed by atoms with Crippen molar-refractivity contribution in [3.63, 3.8) is 0 Å². The molecule has 176 valence electrons. The standard InChI is InChI=1S/C21H24Cl2N6O3S/c1-24-17(30)3-2-7-25-19(31)28-8-6-21(11-28)12-29(15-5-4-13(22)9-14(15)21)20(32)27-18-26-10-16(23)33-18/h4-5,9-10H,2-3,6-8,11-12H2,1H3,(H,24,30)(H,25,31)(H,26,27,32). The number of anilines is 2. The lowest BCUT2D eigenvalue weighted by Crippen LogP contribution is -2.44. The van der Waals surface area contributed by atoms with Crippen molar-refractivity contribution < 1.29 is 14.4 Å². The number of hydrogen-bond acceptors (Lipinski definition) is 5. The predicted molar refractivity (Wildman–Crippen MR) is 130 cm³/mol. The minimum absolute atomic E-state index is 0.0535. The summed E-state index contributed by atoms with van der Waals surface area (Å²) in [5.41, 5.74) is 1.32. The van der Waals surface area contributed by atoms with E-state index in [1.807, 2.05) is 12.1 Å². The lowest BCUT2D eigenvalue weighted by molar-refractivity contribution is -0.120. The second kappa shape index (κ2) is 9.74. The molecule has 12 heteroatoms. The van der Waals surface area contributed by atoms with Gasteiger partial charge in [-0.05, 0) is 36.6 Å². The van der Waals surface area contributed by atoms with Gasteiger partial charge in [0.05, 0.1) is 6.20 Å². The fourth-order valence-corrected chi connectivity index (χ4v) is 5.34. The molecular formula is C21H24Cl2N6O3S. The quantitative estimate of drug-likeness (QED) is 0.533. The van der Waals surface area contributed by atoms with Gasteiger partial charge < -0.3 is 15.5 Å². The summed E-state index contributed by atoms with van der Waals surface area (Å²) < 4.78 is 0.489. The van der Waals surface area contributed by atoms with Crippen LogP contribution in [0.2, 0.25) is 9.36 Å². The zero-order chi connectivity index (χ0) is 23.6. The molecule has 1 fully saturated rings. The zero-order valence-electron chi connectivity index (χ0n) is 18.0. The number of rotatable bonds is 5. The van der Waals surface area contributed by atoms with E-state index in [0.717, 1.165) is 11.3 Å². The molecule has 3 heterocycles. The number of nitrogens with zero attached hydrogens (tertiary/aromatic N) is 3. The average molecular weight is 511 g/mol. The van der Waals surface area contributed by atoms with E-state index in [2.05, 4.69) is 20.9 Å². The number of halogens is 2. The monoisotopic (exact) mass is 510 g/mol. The fourth-order valence-electron chi connectivity index (χ4n) is 4.37. The molecular weight excluding hydrogens is 487 g/mol. The maximum atomic E-state index is 13.1. The van der Waals surface area contributed by atoms with Gasteiger partial charge in [-0.1, -0.05) is 34.5 Å². The average Bonchev–Trinajstić information content (AvgIpc) is 3.49. The maximum absolute atomic E-state index is 13.1. The van der Waals surface area contributed by atoms with Crippen LogP contribution in [0.4, 0.5) is 20.4 Å². The van der Waals surface area contributed by atoms with Gasteiger partial charge in [-0.3, -0.25) is 15.0 Å². The minimum atomic E-state index is -0.405. The molecule has 0 aliphatic carbocycles. The smallest absolute Gasteiger partial charge is 0.328 e. The van der Waals surface area contributed by atoms with Crippen molar-refractivity contribution in [3.8, 4) is 0 Å². The van der Waals surface area contributed by atoms with Crippen LogP contribution in [0.3, 0.4) is 0 Å². The Morgan fingerprint density at radius 3 is 2.76 bits per heavy atom. The van der Waals surface area contributed by atoms with Gasteiger partial charge in [-0.25, -0.2) is 14.6 Å². The first-order chi connectivity index (χ1) is 15.8. The Balaban J connectivity index is 1.45. The van der Waals surface area contributed by atoms with E-state index in [9.17, 15) is 14.4 Å². The first-order valence-corrected chi connectivity index (χ1v) is 12.1. The summed E-state index contributed by atoms with van der Waals surface area (Å²) in [6.45, 7) is 1.87. The Labute approximate surface area is 205 Å². The van der Waals surface area contributed by atoms with E-state index < -0.39 is 5.41 Å². The molecule has 1 unspecified atom stereocenters. The molecule has 2 aliphatic rings. The van der Waals surface area contributed by atoms with Crippen molar-refractivity contribution in [1.82, 2.24) is 20.5 Å². The topological polar surface area (TPSA) is 107 Å². The number of aromatic nitrogens is 1. The highest BCUT2D eigenvalue weighted by Gasteiger charge is 2.50. The normalized spacial score (nSPS) is 19.0. The van der Waals surface area contributed by atoms with E-state index in [0.29, 0.717) is 59.9 Å². The highest BCUT2D eigenvalue weighted by atomic mass is 35.5. The van der Waals surface area contributed by atoms with Gasteiger partial charge in [0, 0.05) is 55.8 Å². The lowest BCUT2D eigenvalue weighted by Gasteiger charge is -2.26. The number of carbonyl (C=O) groups is 3. The van der Waals surface area contributed by atoms with Gasteiger partial charge >= 0.3 is 12.1 Å². The summed E-state index contributed by atoms with van der Waals surface area (Å²) in [5.74, 6) is -0.0535. The number of thiazole rings is 1. The van der Waals surface area contributed by atoms with Gasteiger partial charge in [0.2, 0.25) is 5.91 Å². The number of benzene rings is 1. The van der Waals surface area contributed by atoms with Gasteiger partial charge in [0.1, 0.15) is 4.34 Å². The molecule has 2 aliphatic heterocycles. The molecule has 1 atom stereocenters. The van der Waals surface area contributed by atoms with Crippen LogP contribution >= 0.6 is 34.5 Å². The number of nitrogens with one attached hydrogen (secondary N) is 3. The van der Waals surface area contributed by atoms with Gasteiger partial charge in [-0.15, -0.1) is 0 Å². The Bertz CT molecular complexity index is 1080. The molecule has 9 nitrogen and oxygen atoms in total. The highest BCUT2D eigenvalue weighted by molar-refractivity contribution is 7.19. The Morgan fingerprint density at radius 2 is 2.03 bits per heavy atom. The zero-order valence-corrected chi connectivity index (χ0v) is 20.3. The molecule has 0 bridgehead atoms. The third-order valence-electron chi connectivity index (χ3n) is 5.99. The summed E-state index contributed by atoms with van der Waals surface area (Å²) in [6.07, 6.45) is 3.13. The number of urea groups is 2. The van der Waals surface area contributed by atoms with Crippen LogP contribution in [-0.2, 0) is 10.2 Å². The molecule has 1 saturated heterocycles.